The van der Waals surface area contributed by atoms with E-state index in [0.29, 0.717) is 5.69 Å². The first-order valence-electron chi connectivity index (χ1n) is 6.31. The lowest BCUT2D eigenvalue weighted by atomic mass is 9.94. The molecule has 0 heterocycles. The number of carbonyl (C=O) groups is 1. The van der Waals surface area contributed by atoms with Crippen molar-refractivity contribution < 1.29 is 4.79 Å². The molecule has 3 heteroatoms. The van der Waals surface area contributed by atoms with Gasteiger partial charge in [-0.05, 0) is 30.0 Å². The van der Waals surface area contributed by atoms with Crippen molar-refractivity contribution in [3.63, 3.8) is 0 Å². The fraction of sp³-hybridized carbons (Fsp3) is 0.533. The maximum atomic E-state index is 12.3. The van der Waals surface area contributed by atoms with E-state index in [0.717, 1.165) is 12.1 Å². The number of likely N-dealkylation sites (N-methyl/N-ethyl adjacent to an activating group) is 1. The Bertz CT molecular complexity index is 421. The molecule has 1 aromatic rings. The summed E-state index contributed by atoms with van der Waals surface area (Å²) in [5.74, 6) is -0.0172. The van der Waals surface area contributed by atoms with Crippen LogP contribution in [0.4, 0.5) is 5.69 Å². The number of benzene rings is 1. The van der Waals surface area contributed by atoms with Crippen molar-refractivity contribution in [2.75, 3.05) is 19.3 Å². The summed E-state index contributed by atoms with van der Waals surface area (Å²) in [6.07, 6.45) is 0. The van der Waals surface area contributed by atoms with Gasteiger partial charge in [0.25, 0.3) is 0 Å². The van der Waals surface area contributed by atoms with E-state index in [1.807, 2.05) is 38.2 Å². The first-order valence-corrected chi connectivity index (χ1v) is 6.31. The molecular weight excluding hydrogens is 224 g/mol. The summed E-state index contributed by atoms with van der Waals surface area (Å²) in [7, 11) is 1.86. The second kappa shape index (κ2) is 5.42. The van der Waals surface area contributed by atoms with E-state index in [1.54, 1.807) is 4.90 Å². The van der Waals surface area contributed by atoms with Gasteiger partial charge in [0.1, 0.15) is 0 Å². The summed E-state index contributed by atoms with van der Waals surface area (Å²) in [5.41, 5.74) is 7.53. The van der Waals surface area contributed by atoms with Crippen LogP contribution in [0.3, 0.4) is 0 Å². The topological polar surface area (TPSA) is 46.3 Å². The third-order valence-electron chi connectivity index (χ3n) is 2.87. The van der Waals surface area contributed by atoms with Gasteiger partial charge in [-0.1, -0.05) is 32.9 Å². The van der Waals surface area contributed by atoms with Crippen LogP contribution in [0, 0.1) is 5.41 Å². The number of nitrogens with two attached hydrogens (primary N) is 1. The van der Waals surface area contributed by atoms with E-state index in [1.165, 1.54) is 0 Å². The molecule has 0 radical (unpaired) electrons. The quantitative estimate of drug-likeness (QED) is 0.836. The molecule has 0 saturated heterocycles. The summed E-state index contributed by atoms with van der Waals surface area (Å²) in [6, 6.07) is 7.54. The van der Waals surface area contributed by atoms with E-state index < -0.39 is 0 Å². The van der Waals surface area contributed by atoms with Crippen molar-refractivity contribution in [2.45, 2.75) is 33.6 Å². The van der Waals surface area contributed by atoms with Crippen molar-refractivity contribution in [1.29, 1.82) is 0 Å². The average Bonchev–Trinajstić information content (AvgIpc) is 2.24. The summed E-state index contributed by atoms with van der Waals surface area (Å²) < 4.78 is 0. The Morgan fingerprint density at radius 1 is 1.39 bits per heavy atom. The molecule has 18 heavy (non-hydrogen) atoms. The SMILES string of the molecule is CC(C(=O)N(C)CC(C)(C)C)c1cccc(N)c1. The van der Waals surface area contributed by atoms with Gasteiger partial charge in [0.2, 0.25) is 5.91 Å². The first kappa shape index (κ1) is 14.6. The van der Waals surface area contributed by atoms with Gasteiger partial charge >= 0.3 is 0 Å². The molecule has 0 spiro atoms. The van der Waals surface area contributed by atoms with Crippen LogP contribution in [0.1, 0.15) is 39.2 Å². The summed E-state index contributed by atoms with van der Waals surface area (Å²) in [4.78, 5) is 14.1. The number of hydrogen-bond donors (Lipinski definition) is 1. The Kier molecular flexibility index (Phi) is 4.38. The minimum absolute atomic E-state index is 0.111. The highest BCUT2D eigenvalue weighted by molar-refractivity contribution is 5.83. The molecule has 1 rings (SSSR count). The monoisotopic (exact) mass is 248 g/mol. The molecule has 0 bridgehead atoms. The molecule has 100 valence electrons. The average molecular weight is 248 g/mol. The first-order chi connectivity index (χ1) is 8.20. The number of amides is 1. The lowest BCUT2D eigenvalue weighted by molar-refractivity contribution is -0.132. The predicted octanol–water partition coefficient (Wildman–Crippen LogP) is 2.88. The van der Waals surface area contributed by atoms with Gasteiger partial charge in [0, 0.05) is 19.3 Å². The van der Waals surface area contributed by atoms with E-state index in [9.17, 15) is 4.79 Å². The van der Waals surface area contributed by atoms with Gasteiger partial charge < -0.3 is 10.6 Å². The summed E-state index contributed by atoms with van der Waals surface area (Å²) in [5, 5.41) is 0. The fourth-order valence-corrected chi connectivity index (χ4v) is 2.09. The zero-order valence-corrected chi connectivity index (χ0v) is 12.0. The minimum atomic E-state index is -0.152. The highest BCUT2D eigenvalue weighted by Gasteiger charge is 2.23. The van der Waals surface area contributed by atoms with Gasteiger partial charge in [0.05, 0.1) is 5.92 Å². The zero-order valence-electron chi connectivity index (χ0n) is 12.0. The van der Waals surface area contributed by atoms with Crippen LogP contribution in [0.5, 0.6) is 0 Å². The molecule has 0 fully saturated rings. The number of nitrogen functional groups attached to an aromatic ring is 1. The third-order valence-corrected chi connectivity index (χ3v) is 2.87. The number of anilines is 1. The molecule has 3 nitrogen and oxygen atoms in total. The minimum Gasteiger partial charge on any atom is -0.399 e. The van der Waals surface area contributed by atoms with E-state index in [4.69, 9.17) is 5.73 Å². The van der Waals surface area contributed by atoms with Crippen LogP contribution < -0.4 is 5.73 Å². The van der Waals surface area contributed by atoms with Crippen LogP contribution in [0.25, 0.3) is 0 Å². The Hall–Kier alpha value is -1.51. The smallest absolute Gasteiger partial charge is 0.229 e. The lowest BCUT2D eigenvalue weighted by Gasteiger charge is -2.28. The summed E-state index contributed by atoms with van der Waals surface area (Å²) in [6.45, 7) is 9.06. The van der Waals surface area contributed by atoms with Crippen molar-refractivity contribution in [3.8, 4) is 0 Å². The zero-order chi connectivity index (χ0) is 13.9. The standard InChI is InChI=1S/C15H24N2O/c1-11(12-7-6-8-13(16)9-12)14(18)17(5)10-15(2,3)4/h6-9,11H,10,16H2,1-5H3. The molecule has 0 aromatic heterocycles. The van der Waals surface area contributed by atoms with Crippen molar-refractivity contribution in [1.82, 2.24) is 4.90 Å². The van der Waals surface area contributed by atoms with Crippen LogP contribution in [0.2, 0.25) is 0 Å². The second-order valence-electron chi connectivity index (χ2n) is 6.15. The Labute approximate surface area is 110 Å². The highest BCUT2D eigenvalue weighted by atomic mass is 16.2. The molecule has 1 atom stereocenters. The van der Waals surface area contributed by atoms with E-state index in [-0.39, 0.29) is 17.2 Å². The highest BCUT2D eigenvalue weighted by Crippen LogP contribution is 2.22. The van der Waals surface area contributed by atoms with E-state index in [2.05, 4.69) is 20.8 Å². The molecule has 1 amide bonds. The molecule has 0 aliphatic carbocycles. The van der Waals surface area contributed by atoms with Crippen molar-refractivity contribution >= 4 is 11.6 Å². The second-order valence-corrected chi connectivity index (χ2v) is 6.15. The van der Waals surface area contributed by atoms with Crippen LogP contribution in [-0.2, 0) is 4.79 Å². The van der Waals surface area contributed by atoms with Gasteiger partial charge in [-0.25, -0.2) is 0 Å². The Morgan fingerprint density at radius 2 is 2.00 bits per heavy atom. The van der Waals surface area contributed by atoms with Crippen molar-refractivity contribution in [2.24, 2.45) is 5.41 Å². The number of carbonyl (C=O) groups excluding carboxylic acids is 1. The predicted molar refractivity (Wildman–Crippen MR) is 76.4 cm³/mol. The molecule has 0 aliphatic rings. The van der Waals surface area contributed by atoms with Gasteiger partial charge in [-0.15, -0.1) is 0 Å². The largest absolute Gasteiger partial charge is 0.399 e. The molecule has 2 N–H and O–H groups in total. The van der Waals surface area contributed by atoms with Gasteiger partial charge in [-0.2, -0.15) is 0 Å². The summed E-state index contributed by atoms with van der Waals surface area (Å²) >= 11 is 0. The number of nitrogens with zero attached hydrogens (tertiary/aromatic N) is 1. The van der Waals surface area contributed by atoms with Gasteiger partial charge in [-0.3, -0.25) is 4.79 Å². The maximum absolute atomic E-state index is 12.3. The molecule has 1 unspecified atom stereocenters. The van der Waals surface area contributed by atoms with Gasteiger partial charge in [0.15, 0.2) is 0 Å². The van der Waals surface area contributed by atoms with Crippen LogP contribution >= 0.6 is 0 Å². The molecule has 0 saturated carbocycles. The Morgan fingerprint density at radius 3 is 2.50 bits per heavy atom. The maximum Gasteiger partial charge on any atom is 0.229 e. The normalized spacial score (nSPS) is 13.2. The van der Waals surface area contributed by atoms with Crippen LogP contribution in [0.15, 0.2) is 24.3 Å². The molecule has 0 aliphatic heterocycles. The third kappa shape index (κ3) is 4.06. The molecule has 1 aromatic carbocycles. The van der Waals surface area contributed by atoms with Crippen LogP contribution in [-0.4, -0.2) is 24.4 Å². The lowest BCUT2D eigenvalue weighted by Crippen LogP contribution is -2.36. The number of rotatable bonds is 3. The van der Waals surface area contributed by atoms with E-state index >= 15 is 0 Å². The number of hydrogen-bond acceptors (Lipinski definition) is 2. The van der Waals surface area contributed by atoms with Crippen molar-refractivity contribution in [3.05, 3.63) is 29.8 Å². The fourth-order valence-electron chi connectivity index (χ4n) is 2.09. The molecular formula is C15H24N2O. The Balaban J connectivity index is 2.78.